The summed E-state index contributed by atoms with van der Waals surface area (Å²) in [4.78, 5) is 0. The van der Waals surface area contributed by atoms with Crippen LogP contribution >= 0.6 is 23.5 Å². The molecule has 9 heteroatoms. The second kappa shape index (κ2) is 19.5. The summed E-state index contributed by atoms with van der Waals surface area (Å²) in [6.07, 6.45) is -4.14. The van der Waals surface area contributed by atoms with Gasteiger partial charge in [0.25, 0.3) is 0 Å². The van der Waals surface area contributed by atoms with Crippen molar-refractivity contribution in [1.82, 2.24) is 0 Å². The van der Waals surface area contributed by atoms with Gasteiger partial charge in [0.15, 0.2) is 12.6 Å². The van der Waals surface area contributed by atoms with Crippen LogP contribution in [0.4, 0.5) is 0 Å². The van der Waals surface area contributed by atoms with E-state index in [9.17, 15) is 5.11 Å². The Balaban J connectivity index is 1.45. The molecule has 43 heavy (non-hydrogen) atoms. The van der Waals surface area contributed by atoms with Crippen LogP contribution in [0.3, 0.4) is 0 Å². The van der Waals surface area contributed by atoms with Crippen molar-refractivity contribution in [2.75, 3.05) is 36.2 Å². The van der Waals surface area contributed by atoms with E-state index in [1.54, 1.807) is 0 Å². The molecule has 0 spiro atoms. The lowest BCUT2D eigenvalue weighted by Crippen LogP contribution is -2.60. The molecule has 0 bridgehead atoms. The maximum atomic E-state index is 11.2. The van der Waals surface area contributed by atoms with E-state index < -0.39 is 30.9 Å². The molecule has 7 nitrogen and oxygen atoms in total. The Kier molecular flexibility index (Phi) is 15.4. The van der Waals surface area contributed by atoms with Crippen molar-refractivity contribution in [2.24, 2.45) is 11.7 Å². The van der Waals surface area contributed by atoms with Gasteiger partial charge in [0.2, 0.25) is 0 Å². The van der Waals surface area contributed by atoms with E-state index in [0.29, 0.717) is 38.9 Å². The van der Waals surface area contributed by atoms with Crippen LogP contribution in [-0.4, -0.2) is 72.2 Å². The molecule has 3 N–H and O–H groups in total. The highest BCUT2D eigenvalue weighted by atomic mass is 32.2. The van der Waals surface area contributed by atoms with Gasteiger partial charge in [0, 0.05) is 18.1 Å². The summed E-state index contributed by atoms with van der Waals surface area (Å²) < 4.78 is 31.5. The number of aliphatic hydroxyl groups is 1. The maximum Gasteiger partial charge on any atom is 0.189 e. The summed E-state index contributed by atoms with van der Waals surface area (Å²) in [5.74, 6) is 4.53. The number of benzene rings is 3. The molecule has 6 atom stereocenters. The van der Waals surface area contributed by atoms with Crippen molar-refractivity contribution in [3.05, 3.63) is 108 Å². The molecule has 1 aliphatic heterocycles. The van der Waals surface area contributed by atoms with Crippen LogP contribution in [0, 0.1) is 5.92 Å². The quantitative estimate of drug-likeness (QED) is 0.167. The number of ether oxygens (including phenoxy) is 5. The van der Waals surface area contributed by atoms with Gasteiger partial charge in [-0.15, -0.1) is 0 Å². The lowest BCUT2D eigenvalue weighted by atomic mass is 10.0. The molecule has 0 aromatic heterocycles. The summed E-state index contributed by atoms with van der Waals surface area (Å²) >= 11 is 3.75. The molecule has 0 amide bonds. The van der Waals surface area contributed by atoms with Crippen LogP contribution in [0.2, 0.25) is 0 Å². The summed E-state index contributed by atoms with van der Waals surface area (Å²) in [5, 5.41) is 11.2. The number of aliphatic hydroxyl groups excluding tert-OH is 1. The molecular formula is C34H45NO6S2. The fourth-order valence-corrected chi connectivity index (χ4v) is 6.60. The van der Waals surface area contributed by atoms with Gasteiger partial charge < -0.3 is 34.5 Å². The van der Waals surface area contributed by atoms with Crippen LogP contribution in [0.15, 0.2) is 91.0 Å². The molecule has 0 saturated carbocycles. The first kappa shape index (κ1) is 34.0. The molecule has 6 unspecified atom stereocenters. The predicted octanol–water partition coefficient (Wildman–Crippen LogP) is 5.50. The topological polar surface area (TPSA) is 92.4 Å². The molecule has 234 valence electrons. The van der Waals surface area contributed by atoms with E-state index >= 15 is 0 Å². The fourth-order valence-electron chi connectivity index (χ4n) is 4.69. The van der Waals surface area contributed by atoms with Gasteiger partial charge in [-0.05, 0) is 34.1 Å². The number of hydrogen-bond acceptors (Lipinski definition) is 9. The van der Waals surface area contributed by atoms with Crippen molar-refractivity contribution in [3.63, 3.8) is 0 Å². The SMILES string of the molecule is CC(CSCCN)CSCCOC1OC(O)C(OCc2ccccc2)C(OCc2ccccc2)C1OCc1ccccc1. The Morgan fingerprint density at radius 3 is 1.65 bits per heavy atom. The molecule has 1 saturated heterocycles. The largest absolute Gasteiger partial charge is 0.368 e. The third-order valence-electron chi connectivity index (χ3n) is 6.90. The molecule has 3 aromatic carbocycles. The van der Waals surface area contributed by atoms with Crippen molar-refractivity contribution in [3.8, 4) is 0 Å². The molecular weight excluding hydrogens is 583 g/mol. The highest BCUT2D eigenvalue weighted by Crippen LogP contribution is 2.30. The molecule has 1 fully saturated rings. The van der Waals surface area contributed by atoms with E-state index in [2.05, 4.69) is 6.92 Å². The van der Waals surface area contributed by atoms with Gasteiger partial charge in [-0.3, -0.25) is 0 Å². The smallest absolute Gasteiger partial charge is 0.189 e. The van der Waals surface area contributed by atoms with Gasteiger partial charge in [0.1, 0.15) is 18.3 Å². The fraction of sp³-hybridized carbons (Fsp3) is 0.471. The Morgan fingerprint density at radius 2 is 1.14 bits per heavy atom. The Hall–Kier alpha value is -1.92. The minimum absolute atomic E-state index is 0.298. The van der Waals surface area contributed by atoms with Crippen LogP contribution in [0.25, 0.3) is 0 Å². The molecule has 4 rings (SSSR count). The zero-order valence-electron chi connectivity index (χ0n) is 24.9. The van der Waals surface area contributed by atoms with Crippen molar-refractivity contribution in [1.29, 1.82) is 0 Å². The average Bonchev–Trinajstić information content (AvgIpc) is 3.04. The van der Waals surface area contributed by atoms with Gasteiger partial charge in [0.05, 0.1) is 26.4 Å². The van der Waals surface area contributed by atoms with Crippen LogP contribution < -0.4 is 5.73 Å². The molecule has 0 aliphatic carbocycles. The summed E-state index contributed by atoms with van der Waals surface area (Å²) in [6.45, 7) is 4.40. The Bertz CT molecular complexity index is 1130. The second-order valence-electron chi connectivity index (χ2n) is 10.6. The molecule has 1 aliphatic rings. The summed E-state index contributed by atoms with van der Waals surface area (Å²) in [6, 6.07) is 29.8. The zero-order chi connectivity index (χ0) is 30.1. The van der Waals surface area contributed by atoms with E-state index in [1.165, 1.54) is 0 Å². The predicted molar refractivity (Wildman–Crippen MR) is 175 cm³/mol. The van der Waals surface area contributed by atoms with Gasteiger partial charge >= 0.3 is 0 Å². The number of nitrogens with two attached hydrogens (primary N) is 1. The van der Waals surface area contributed by atoms with E-state index in [0.717, 1.165) is 39.7 Å². The van der Waals surface area contributed by atoms with Crippen LogP contribution in [-0.2, 0) is 43.5 Å². The molecule has 0 radical (unpaired) electrons. The minimum Gasteiger partial charge on any atom is -0.368 e. The first-order valence-corrected chi connectivity index (χ1v) is 17.2. The Labute approximate surface area is 264 Å². The highest BCUT2D eigenvalue weighted by molar-refractivity contribution is 8.00. The maximum absolute atomic E-state index is 11.2. The van der Waals surface area contributed by atoms with Gasteiger partial charge in [-0.1, -0.05) is 97.9 Å². The lowest BCUT2D eigenvalue weighted by molar-refractivity contribution is -0.360. The summed E-state index contributed by atoms with van der Waals surface area (Å²) in [7, 11) is 0. The van der Waals surface area contributed by atoms with Crippen LogP contribution in [0.5, 0.6) is 0 Å². The van der Waals surface area contributed by atoms with Gasteiger partial charge in [-0.2, -0.15) is 23.5 Å². The lowest BCUT2D eigenvalue weighted by Gasteiger charge is -2.44. The van der Waals surface area contributed by atoms with Crippen molar-refractivity contribution >= 4 is 23.5 Å². The Morgan fingerprint density at radius 1 is 0.674 bits per heavy atom. The van der Waals surface area contributed by atoms with Crippen LogP contribution in [0.1, 0.15) is 23.6 Å². The van der Waals surface area contributed by atoms with E-state index in [4.69, 9.17) is 29.4 Å². The molecule has 3 aromatic rings. The zero-order valence-corrected chi connectivity index (χ0v) is 26.5. The second-order valence-corrected chi connectivity index (χ2v) is 12.9. The first-order valence-electron chi connectivity index (χ1n) is 14.9. The monoisotopic (exact) mass is 627 g/mol. The van der Waals surface area contributed by atoms with Gasteiger partial charge in [-0.25, -0.2) is 0 Å². The average molecular weight is 628 g/mol. The highest BCUT2D eigenvalue weighted by Gasteiger charge is 2.48. The van der Waals surface area contributed by atoms with Crippen molar-refractivity contribution in [2.45, 2.75) is 57.6 Å². The third-order valence-corrected chi connectivity index (χ3v) is 9.49. The third kappa shape index (κ3) is 11.8. The number of rotatable bonds is 19. The summed E-state index contributed by atoms with van der Waals surface area (Å²) in [5.41, 5.74) is 8.64. The standard InChI is InChI=1S/C34H45NO6S2/c1-26(24-42-19-17-35)25-43-20-18-37-34-32(40-23-29-15-9-4-10-16-29)30(38-21-27-11-5-2-6-12-27)31(33(36)41-34)39-22-28-13-7-3-8-14-28/h2-16,26,30-34,36H,17-25,35H2,1H3. The molecule has 1 heterocycles. The van der Waals surface area contributed by atoms with E-state index in [-0.39, 0.29) is 0 Å². The minimum atomic E-state index is -1.25. The normalized spacial score (nSPS) is 22.8. The number of thioether (sulfide) groups is 2. The van der Waals surface area contributed by atoms with Crippen molar-refractivity contribution < 1.29 is 28.8 Å². The van der Waals surface area contributed by atoms with E-state index in [1.807, 2.05) is 115 Å². The number of hydrogen-bond donors (Lipinski definition) is 2. The first-order chi connectivity index (χ1) is 21.1.